The van der Waals surface area contributed by atoms with Crippen LogP contribution in [0.3, 0.4) is 0 Å². The van der Waals surface area contributed by atoms with E-state index >= 15 is 0 Å². The molecular formula is C11H24ClN3O2S. The summed E-state index contributed by atoms with van der Waals surface area (Å²) in [6.45, 7) is 4.62. The van der Waals surface area contributed by atoms with Crippen molar-refractivity contribution in [2.24, 2.45) is 11.7 Å². The van der Waals surface area contributed by atoms with Crippen molar-refractivity contribution in [3.05, 3.63) is 0 Å². The monoisotopic (exact) mass is 297 g/mol. The Morgan fingerprint density at radius 2 is 1.67 bits per heavy atom. The van der Waals surface area contributed by atoms with Crippen molar-refractivity contribution in [2.45, 2.75) is 38.6 Å². The van der Waals surface area contributed by atoms with Crippen molar-refractivity contribution < 1.29 is 8.42 Å². The fourth-order valence-electron chi connectivity index (χ4n) is 2.63. The van der Waals surface area contributed by atoms with Crippen LogP contribution in [-0.4, -0.2) is 49.2 Å². The second-order valence-electron chi connectivity index (χ2n) is 5.35. The SMILES string of the molecule is CC1CCCN(S(=O)(=O)N2CCC(N)CC2)C1.Cl. The lowest BCUT2D eigenvalue weighted by Gasteiger charge is -2.36. The Balaban J connectivity index is 0.00000162. The highest BCUT2D eigenvalue weighted by Crippen LogP contribution is 2.22. The molecule has 2 saturated heterocycles. The Bertz CT molecular complexity index is 355. The van der Waals surface area contributed by atoms with Gasteiger partial charge in [0, 0.05) is 32.2 Å². The van der Waals surface area contributed by atoms with E-state index in [-0.39, 0.29) is 18.4 Å². The molecule has 2 fully saturated rings. The predicted molar refractivity (Wildman–Crippen MR) is 74.9 cm³/mol. The first kappa shape index (κ1) is 16.2. The number of nitrogens with zero attached hydrogens (tertiary/aromatic N) is 2. The van der Waals surface area contributed by atoms with Crippen molar-refractivity contribution >= 4 is 22.6 Å². The number of rotatable bonds is 2. The number of halogens is 1. The van der Waals surface area contributed by atoms with E-state index in [2.05, 4.69) is 6.92 Å². The summed E-state index contributed by atoms with van der Waals surface area (Å²) in [5, 5.41) is 0. The van der Waals surface area contributed by atoms with Crippen LogP contribution in [-0.2, 0) is 10.2 Å². The van der Waals surface area contributed by atoms with Crippen molar-refractivity contribution in [1.29, 1.82) is 0 Å². The van der Waals surface area contributed by atoms with Crippen LogP contribution in [0.5, 0.6) is 0 Å². The van der Waals surface area contributed by atoms with E-state index in [0.29, 0.717) is 32.1 Å². The topological polar surface area (TPSA) is 66.6 Å². The van der Waals surface area contributed by atoms with Crippen LogP contribution in [0.4, 0.5) is 0 Å². The van der Waals surface area contributed by atoms with Crippen molar-refractivity contribution in [3.8, 4) is 0 Å². The molecule has 0 aromatic carbocycles. The molecule has 1 atom stereocenters. The summed E-state index contributed by atoms with van der Waals surface area (Å²) in [6.07, 6.45) is 3.68. The van der Waals surface area contributed by atoms with E-state index in [1.54, 1.807) is 8.61 Å². The molecule has 2 N–H and O–H groups in total. The third kappa shape index (κ3) is 3.57. The van der Waals surface area contributed by atoms with E-state index in [1.807, 2.05) is 0 Å². The first-order chi connectivity index (χ1) is 8.00. The maximum atomic E-state index is 12.4. The van der Waals surface area contributed by atoms with Crippen LogP contribution in [0.2, 0.25) is 0 Å². The first-order valence-electron chi connectivity index (χ1n) is 6.51. The highest BCUT2D eigenvalue weighted by atomic mass is 35.5. The fraction of sp³-hybridized carbons (Fsp3) is 1.00. The number of piperidine rings is 2. The highest BCUT2D eigenvalue weighted by molar-refractivity contribution is 7.86. The van der Waals surface area contributed by atoms with Gasteiger partial charge in [-0.2, -0.15) is 17.0 Å². The maximum absolute atomic E-state index is 12.4. The molecule has 0 amide bonds. The van der Waals surface area contributed by atoms with E-state index in [0.717, 1.165) is 25.7 Å². The Kier molecular flexibility index (Phi) is 5.86. The normalized spacial score (nSPS) is 28.9. The second kappa shape index (κ2) is 6.52. The molecule has 2 rings (SSSR count). The van der Waals surface area contributed by atoms with Gasteiger partial charge in [0.1, 0.15) is 0 Å². The summed E-state index contributed by atoms with van der Waals surface area (Å²) < 4.78 is 28.1. The molecule has 18 heavy (non-hydrogen) atoms. The number of hydrogen-bond acceptors (Lipinski definition) is 3. The zero-order chi connectivity index (χ0) is 12.5. The molecule has 2 aliphatic rings. The zero-order valence-electron chi connectivity index (χ0n) is 10.9. The molecule has 0 saturated carbocycles. The molecule has 2 heterocycles. The van der Waals surface area contributed by atoms with Crippen LogP contribution in [0, 0.1) is 5.92 Å². The van der Waals surface area contributed by atoms with Gasteiger partial charge in [-0.3, -0.25) is 0 Å². The number of hydrogen-bond donors (Lipinski definition) is 1. The lowest BCUT2D eigenvalue weighted by molar-refractivity contribution is 0.242. The summed E-state index contributed by atoms with van der Waals surface area (Å²) in [4.78, 5) is 0. The molecule has 7 heteroatoms. The average Bonchev–Trinajstić information content (AvgIpc) is 2.29. The Labute approximate surface area is 116 Å². The van der Waals surface area contributed by atoms with Gasteiger partial charge in [0.15, 0.2) is 0 Å². The van der Waals surface area contributed by atoms with E-state index in [9.17, 15) is 8.42 Å². The molecule has 0 aromatic rings. The third-order valence-corrected chi connectivity index (χ3v) is 5.77. The third-order valence-electron chi connectivity index (χ3n) is 3.77. The van der Waals surface area contributed by atoms with Gasteiger partial charge in [0.05, 0.1) is 0 Å². The van der Waals surface area contributed by atoms with Gasteiger partial charge in [-0.15, -0.1) is 12.4 Å². The van der Waals surface area contributed by atoms with E-state index in [4.69, 9.17) is 5.73 Å². The van der Waals surface area contributed by atoms with Crippen LogP contribution in [0.1, 0.15) is 32.6 Å². The van der Waals surface area contributed by atoms with Gasteiger partial charge in [-0.25, -0.2) is 0 Å². The second-order valence-corrected chi connectivity index (χ2v) is 7.28. The molecular weight excluding hydrogens is 274 g/mol. The predicted octanol–water partition coefficient (Wildman–Crippen LogP) is 0.808. The van der Waals surface area contributed by atoms with Crippen molar-refractivity contribution in [1.82, 2.24) is 8.61 Å². The van der Waals surface area contributed by atoms with Gasteiger partial charge >= 0.3 is 0 Å². The van der Waals surface area contributed by atoms with Crippen LogP contribution >= 0.6 is 12.4 Å². The molecule has 0 aliphatic carbocycles. The van der Waals surface area contributed by atoms with Gasteiger partial charge in [0.2, 0.25) is 0 Å². The molecule has 108 valence electrons. The average molecular weight is 298 g/mol. The number of nitrogens with two attached hydrogens (primary N) is 1. The molecule has 0 bridgehead atoms. The first-order valence-corrected chi connectivity index (χ1v) is 7.90. The smallest absolute Gasteiger partial charge is 0.281 e. The van der Waals surface area contributed by atoms with Crippen molar-refractivity contribution in [3.63, 3.8) is 0 Å². The lowest BCUT2D eigenvalue weighted by Crippen LogP contribution is -2.51. The lowest BCUT2D eigenvalue weighted by atomic mass is 10.0. The molecule has 2 aliphatic heterocycles. The van der Waals surface area contributed by atoms with Gasteiger partial charge in [0.25, 0.3) is 10.2 Å². The Morgan fingerprint density at radius 3 is 2.22 bits per heavy atom. The maximum Gasteiger partial charge on any atom is 0.281 e. The Morgan fingerprint density at radius 1 is 1.06 bits per heavy atom. The van der Waals surface area contributed by atoms with Crippen LogP contribution in [0.25, 0.3) is 0 Å². The van der Waals surface area contributed by atoms with Gasteiger partial charge in [-0.1, -0.05) is 6.92 Å². The summed E-state index contributed by atoms with van der Waals surface area (Å²) in [5.41, 5.74) is 5.81. The summed E-state index contributed by atoms with van der Waals surface area (Å²) in [7, 11) is -3.23. The fourth-order valence-corrected chi connectivity index (χ4v) is 4.43. The zero-order valence-corrected chi connectivity index (χ0v) is 12.5. The molecule has 0 aromatic heterocycles. The van der Waals surface area contributed by atoms with E-state index < -0.39 is 10.2 Å². The van der Waals surface area contributed by atoms with Crippen molar-refractivity contribution in [2.75, 3.05) is 26.2 Å². The molecule has 5 nitrogen and oxygen atoms in total. The molecule has 0 radical (unpaired) electrons. The van der Waals surface area contributed by atoms with Crippen LogP contribution in [0.15, 0.2) is 0 Å². The quantitative estimate of drug-likeness (QED) is 0.820. The van der Waals surface area contributed by atoms with Gasteiger partial charge < -0.3 is 5.73 Å². The Hall–Kier alpha value is 0.120. The molecule has 1 unspecified atom stereocenters. The minimum absolute atomic E-state index is 0. The standard InChI is InChI=1S/C11H23N3O2S.ClH/c1-10-3-2-6-14(9-10)17(15,16)13-7-4-11(12)5-8-13;/h10-11H,2-9,12H2,1H3;1H. The minimum Gasteiger partial charge on any atom is -0.328 e. The van der Waals surface area contributed by atoms with Gasteiger partial charge in [-0.05, 0) is 31.6 Å². The summed E-state index contributed by atoms with van der Waals surface area (Å²) >= 11 is 0. The molecule has 0 spiro atoms. The largest absolute Gasteiger partial charge is 0.328 e. The summed E-state index contributed by atoms with van der Waals surface area (Å²) in [6, 6.07) is 0.168. The highest BCUT2D eigenvalue weighted by Gasteiger charge is 2.34. The van der Waals surface area contributed by atoms with E-state index in [1.165, 1.54) is 0 Å². The minimum atomic E-state index is -3.23. The summed E-state index contributed by atoms with van der Waals surface area (Å²) in [5.74, 6) is 0.477. The van der Waals surface area contributed by atoms with Crippen LogP contribution < -0.4 is 5.73 Å².